The second kappa shape index (κ2) is 7.61. The molecule has 29 heavy (non-hydrogen) atoms. The second-order valence-corrected chi connectivity index (χ2v) is 6.80. The first-order chi connectivity index (χ1) is 13.9. The number of benzene rings is 2. The number of nitrogens with one attached hydrogen (secondary N) is 1. The SMILES string of the molecule is Cc1nnc(-n2c(C)cc3c(B(O)O)cccc32)nc1NCc1cccc(F)c1. The highest BCUT2D eigenvalue weighted by molar-refractivity contribution is 6.61. The van der Waals surface area contributed by atoms with E-state index in [4.69, 9.17) is 0 Å². The lowest BCUT2D eigenvalue weighted by molar-refractivity contribution is 0.426. The predicted molar refractivity (Wildman–Crippen MR) is 110 cm³/mol. The molecule has 0 bridgehead atoms. The average molecular weight is 391 g/mol. The maximum atomic E-state index is 13.4. The summed E-state index contributed by atoms with van der Waals surface area (Å²) >= 11 is 0. The van der Waals surface area contributed by atoms with Crippen LogP contribution >= 0.6 is 0 Å². The van der Waals surface area contributed by atoms with Crippen LogP contribution in [0, 0.1) is 19.7 Å². The number of anilines is 1. The van der Waals surface area contributed by atoms with Crippen molar-refractivity contribution in [3.05, 3.63) is 71.3 Å². The predicted octanol–water partition coefficient (Wildman–Crippen LogP) is 1.86. The highest BCUT2D eigenvalue weighted by atomic mass is 19.1. The first-order valence-corrected chi connectivity index (χ1v) is 9.11. The number of fused-ring (bicyclic) bond motifs is 1. The van der Waals surface area contributed by atoms with Crippen molar-refractivity contribution in [1.82, 2.24) is 19.7 Å². The van der Waals surface area contributed by atoms with Crippen LogP contribution in [0.2, 0.25) is 0 Å². The van der Waals surface area contributed by atoms with E-state index < -0.39 is 7.12 Å². The highest BCUT2D eigenvalue weighted by Crippen LogP contribution is 2.22. The molecule has 0 unspecified atom stereocenters. The van der Waals surface area contributed by atoms with Gasteiger partial charge in [0.2, 0.25) is 0 Å². The van der Waals surface area contributed by atoms with Gasteiger partial charge in [-0.05, 0) is 49.1 Å². The molecule has 7 nitrogen and oxygen atoms in total. The molecular weight excluding hydrogens is 372 g/mol. The summed E-state index contributed by atoms with van der Waals surface area (Å²) in [4.78, 5) is 4.60. The van der Waals surface area contributed by atoms with Crippen molar-refractivity contribution in [2.45, 2.75) is 20.4 Å². The van der Waals surface area contributed by atoms with E-state index in [9.17, 15) is 14.4 Å². The van der Waals surface area contributed by atoms with Crippen molar-refractivity contribution in [1.29, 1.82) is 0 Å². The van der Waals surface area contributed by atoms with Gasteiger partial charge in [-0.3, -0.25) is 4.57 Å². The fourth-order valence-corrected chi connectivity index (χ4v) is 3.34. The zero-order valence-corrected chi connectivity index (χ0v) is 16.0. The van der Waals surface area contributed by atoms with Crippen LogP contribution in [-0.4, -0.2) is 36.9 Å². The topological polar surface area (TPSA) is 96.1 Å². The minimum atomic E-state index is -1.57. The molecule has 0 aliphatic rings. The number of nitrogens with zero attached hydrogens (tertiary/aromatic N) is 4. The summed E-state index contributed by atoms with van der Waals surface area (Å²) in [5, 5.41) is 31.6. The summed E-state index contributed by atoms with van der Waals surface area (Å²) in [6, 6.07) is 13.5. The molecule has 0 aliphatic carbocycles. The molecule has 4 rings (SSSR count). The van der Waals surface area contributed by atoms with Gasteiger partial charge in [-0.25, -0.2) is 4.39 Å². The molecular formula is C20H19BFN5O2. The smallest absolute Gasteiger partial charge is 0.423 e. The molecule has 2 heterocycles. The Labute approximate surface area is 167 Å². The van der Waals surface area contributed by atoms with Crippen LogP contribution in [0.1, 0.15) is 17.0 Å². The Morgan fingerprint density at radius 1 is 1.07 bits per heavy atom. The molecule has 0 spiro atoms. The van der Waals surface area contributed by atoms with Gasteiger partial charge in [0.15, 0.2) is 5.82 Å². The Balaban J connectivity index is 1.72. The number of aryl methyl sites for hydroxylation is 2. The summed E-state index contributed by atoms with van der Waals surface area (Å²) in [7, 11) is -1.57. The van der Waals surface area contributed by atoms with Crippen molar-refractivity contribution in [3.63, 3.8) is 0 Å². The van der Waals surface area contributed by atoms with E-state index in [2.05, 4.69) is 20.5 Å². The van der Waals surface area contributed by atoms with Gasteiger partial charge in [0.05, 0.1) is 5.52 Å². The van der Waals surface area contributed by atoms with Crippen molar-refractivity contribution in [3.8, 4) is 5.95 Å². The lowest BCUT2D eigenvalue weighted by atomic mass is 9.78. The van der Waals surface area contributed by atoms with Crippen LogP contribution in [0.4, 0.5) is 10.2 Å². The largest absolute Gasteiger partial charge is 0.489 e. The van der Waals surface area contributed by atoms with Gasteiger partial charge in [-0.15, -0.1) is 10.2 Å². The van der Waals surface area contributed by atoms with E-state index in [0.717, 1.165) is 16.8 Å². The van der Waals surface area contributed by atoms with Crippen molar-refractivity contribution < 1.29 is 14.4 Å². The van der Waals surface area contributed by atoms with Gasteiger partial charge >= 0.3 is 7.12 Å². The first-order valence-electron chi connectivity index (χ1n) is 9.11. The van der Waals surface area contributed by atoms with Gasteiger partial charge in [-0.2, -0.15) is 4.98 Å². The molecule has 0 radical (unpaired) electrons. The normalized spacial score (nSPS) is 11.1. The summed E-state index contributed by atoms with van der Waals surface area (Å²) in [6.07, 6.45) is 0. The summed E-state index contributed by atoms with van der Waals surface area (Å²) in [5.74, 6) is 0.604. The molecule has 9 heteroatoms. The zero-order valence-electron chi connectivity index (χ0n) is 16.0. The van der Waals surface area contributed by atoms with Gasteiger partial charge in [0.25, 0.3) is 5.95 Å². The van der Waals surface area contributed by atoms with Crippen LogP contribution in [0.25, 0.3) is 16.9 Å². The van der Waals surface area contributed by atoms with Crippen molar-refractivity contribution in [2.75, 3.05) is 5.32 Å². The van der Waals surface area contributed by atoms with Crippen LogP contribution in [-0.2, 0) is 6.54 Å². The fourth-order valence-electron chi connectivity index (χ4n) is 3.34. The second-order valence-electron chi connectivity index (χ2n) is 6.80. The maximum absolute atomic E-state index is 13.4. The highest BCUT2D eigenvalue weighted by Gasteiger charge is 2.19. The third-order valence-corrected chi connectivity index (χ3v) is 4.73. The van der Waals surface area contributed by atoms with E-state index in [-0.39, 0.29) is 5.82 Å². The monoisotopic (exact) mass is 391 g/mol. The lowest BCUT2D eigenvalue weighted by Gasteiger charge is -2.11. The van der Waals surface area contributed by atoms with Crippen LogP contribution in [0.3, 0.4) is 0 Å². The summed E-state index contributed by atoms with van der Waals surface area (Å²) in [5.41, 5.74) is 3.39. The van der Waals surface area contributed by atoms with Gasteiger partial charge in [0, 0.05) is 17.6 Å². The number of hydrogen-bond donors (Lipinski definition) is 3. The van der Waals surface area contributed by atoms with Crippen molar-refractivity contribution in [2.24, 2.45) is 0 Å². The van der Waals surface area contributed by atoms with Crippen LogP contribution < -0.4 is 10.8 Å². The molecule has 3 N–H and O–H groups in total. The zero-order chi connectivity index (χ0) is 20.5. The molecule has 0 fully saturated rings. The third kappa shape index (κ3) is 3.70. The molecule has 2 aromatic carbocycles. The number of hydrogen-bond acceptors (Lipinski definition) is 6. The van der Waals surface area contributed by atoms with Crippen LogP contribution in [0.5, 0.6) is 0 Å². The van der Waals surface area contributed by atoms with E-state index >= 15 is 0 Å². The molecule has 4 aromatic rings. The van der Waals surface area contributed by atoms with Gasteiger partial charge in [-0.1, -0.05) is 24.3 Å². The quantitative estimate of drug-likeness (QED) is 0.450. The Hall–Kier alpha value is -3.30. The fraction of sp³-hybridized carbons (Fsp3) is 0.150. The molecule has 2 aromatic heterocycles. The van der Waals surface area contributed by atoms with E-state index in [0.29, 0.717) is 34.9 Å². The first kappa shape index (κ1) is 19.0. The maximum Gasteiger partial charge on any atom is 0.489 e. The molecule has 0 amide bonds. The Bertz CT molecular complexity index is 1190. The Kier molecular flexibility index (Phi) is 5.00. The summed E-state index contributed by atoms with van der Waals surface area (Å²) in [6.45, 7) is 4.07. The molecule has 0 aliphatic heterocycles. The van der Waals surface area contributed by atoms with Crippen LogP contribution in [0.15, 0.2) is 48.5 Å². The minimum Gasteiger partial charge on any atom is -0.423 e. The third-order valence-electron chi connectivity index (χ3n) is 4.73. The van der Waals surface area contributed by atoms with Gasteiger partial charge in [0.1, 0.15) is 11.5 Å². The molecule has 0 saturated carbocycles. The summed E-state index contributed by atoms with van der Waals surface area (Å²) < 4.78 is 15.2. The number of halogens is 1. The number of rotatable bonds is 5. The minimum absolute atomic E-state index is 0.293. The average Bonchev–Trinajstić information content (AvgIpc) is 3.03. The Morgan fingerprint density at radius 3 is 2.62 bits per heavy atom. The van der Waals surface area contributed by atoms with E-state index in [1.54, 1.807) is 29.7 Å². The molecule has 146 valence electrons. The number of aromatic nitrogens is 4. The van der Waals surface area contributed by atoms with Crippen molar-refractivity contribution >= 4 is 29.3 Å². The molecule has 0 saturated heterocycles. The van der Waals surface area contributed by atoms with E-state index in [1.165, 1.54) is 12.1 Å². The standard InChI is InChI=1S/C20H19BFN5O2/c1-12-9-16-17(21(28)29)7-4-8-18(16)27(12)20-24-19(13(2)25-26-20)23-11-14-5-3-6-15(22)10-14/h3-10,28-29H,11H2,1-2H3,(H,23,24,26). The molecule has 0 atom stereocenters. The van der Waals surface area contributed by atoms with E-state index in [1.807, 2.05) is 25.1 Å². The lowest BCUT2D eigenvalue weighted by Crippen LogP contribution is -2.30. The Morgan fingerprint density at radius 2 is 1.86 bits per heavy atom. The van der Waals surface area contributed by atoms with Gasteiger partial charge < -0.3 is 15.4 Å².